The number of rotatable bonds is 9. The average Bonchev–Trinajstić information content (AvgIpc) is 3.19. The van der Waals surface area contributed by atoms with Crippen molar-refractivity contribution in [2.75, 3.05) is 44.2 Å². The zero-order chi connectivity index (χ0) is 26.7. The summed E-state index contributed by atoms with van der Waals surface area (Å²) in [5, 5.41) is 4.76. The van der Waals surface area contributed by atoms with Crippen molar-refractivity contribution in [3.05, 3.63) is 71.4 Å². The summed E-state index contributed by atoms with van der Waals surface area (Å²) in [5.74, 6) is -0.0170. The first-order valence-corrected chi connectivity index (χ1v) is 14.1. The molecular formula is C27H35F2N5O2S. The minimum Gasteiger partial charge on any atom is -0.354 e. The fourth-order valence-electron chi connectivity index (χ4n) is 4.71. The second-order valence-electron chi connectivity index (χ2n) is 9.85. The number of likely N-dealkylation sites (N-methyl/N-ethyl adjacent to an activating group) is 1. The van der Waals surface area contributed by atoms with Crippen LogP contribution < -0.4 is 4.90 Å². The van der Waals surface area contributed by atoms with E-state index in [0.29, 0.717) is 11.4 Å². The van der Waals surface area contributed by atoms with Gasteiger partial charge < -0.3 is 9.80 Å². The third kappa shape index (κ3) is 6.02. The lowest BCUT2D eigenvalue weighted by atomic mass is 10.1. The molecule has 0 saturated carbocycles. The third-order valence-electron chi connectivity index (χ3n) is 6.68. The summed E-state index contributed by atoms with van der Waals surface area (Å²) in [6.45, 7) is 12.5. The Morgan fingerprint density at radius 1 is 1.00 bits per heavy atom. The van der Waals surface area contributed by atoms with E-state index in [9.17, 15) is 17.2 Å². The maximum Gasteiger partial charge on any atom is 0.243 e. The zero-order valence-corrected chi connectivity index (χ0v) is 22.7. The molecule has 0 atom stereocenters. The molecule has 0 spiro atoms. The van der Waals surface area contributed by atoms with Crippen LogP contribution in [-0.2, 0) is 16.6 Å². The van der Waals surface area contributed by atoms with Gasteiger partial charge in [0, 0.05) is 44.8 Å². The smallest absolute Gasteiger partial charge is 0.243 e. The Hall–Kier alpha value is -2.82. The SMILES string of the molecule is CCN1CCN(c2c(CN(CC(C)C)S(=O)(=O)c3ccc(F)cc3)c(C)nn2-c2cccc(F)c2)CC1. The lowest BCUT2D eigenvalue weighted by molar-refractivity contribution is 0.269. The summed E-state index contributed by atoms with van der Waals surface area (Å²) in [6, 6.07) is 11.2. The van der Waals surface area contributed by atoms with E-state index in [-0.39, 0.29) is 29.7 Å². The Morgan fingerprint density at radius 2 is 1.68 bits per heavy atom. The van der Waals surface area contributed by atoms with Crippen molar-refractivity contribution in [2.24, 2.45) is 5.92 Å². The van der Waals surface area contributed by atoms with Crippen molar-refractivity contribution in [2.45, 2.75) is 39.1 Å². The molecule has 200 valence electrons. The monoisotopic (exact) mass is 531 g/mol. The van der Waals surface area contributed by atoms with Gasteiger partial charge in [0.25, 0.3) is 0 Å². The Balaban J connectivity index is 1.80. The summed E-state index contributed by atoms with van der Waals surface area (Å²) in [6.07, 6.45) is 0. The van der Waals surface area contributed by atoms with Gasteiger partial charge in [-0.2, -0.15) is 9.40 Å². The molecule has 4 rings (SSSR count). The maximum atomic E-state index is 14.2. The lowest BCUT2D eigenvalue weighted by Gasteiger charge is -2.36. The molecule has 10 heteroatoms. The Kier molecular flexibility index (Phi) is 8.30. The lowest BCUT2D eigenvalue weighted by Crippen LogP contribution is -2.47. The molecule has 2 heterocycles. The summed E-state index contributed by atoms with van der Waals surface area (Å²) >= 11 is 0. The van der Waals surface area contributed by atoms with E-state index in [1.165, 1.54) is 28.6 Å². The van der Waals surface area contributed by atoms with E-state index < -0.39 is 15.8 Å². The number of aryl methyl sites for hydroxylation is 1. The Morgan fingerprint density at radius 3 is 2.27 bits per heavy atom. The van der Waals surface area contributed by atoms with E-state index in [4.69, 9.17) is 5.10 Å². The van der Waals surface area contributed by atoms with Crippen LogP contribution in [0.4, 0.5) is 14.6 Å². The van der Waals surface area contributed by atoms with Crippen molar-refractivity contribution in [1.29, 1.82) is 0 Å². The minimum atomic E-state index is -3.91. The van der Waals surface area contributed by atoms with E-state index in [1.54, 1.807) is 16.8 Å². The van der Waals surface area contributed by atoms with Crippen molar-refractivity contribution in [3.63, 3.8) is 0 Å². The molecular weight excluding hydrogens is 496 g/mol. The van der Waals surface area contributed by atoms with Gasteiger partial charge in [-0.1, -0.05) is 26.8 Å². The highest BCUT2D eigenvalue weighted by Crippen LogP contribution is 2.32. The van der Waals surface area contributed by atoms with Crippen molar-refractivity contribution in [3.8, 4) is 5.69 Å². The van der Waals surface area contributed by atoms with E-state index in [0.717, 1.165) is 56.2 Å². The van der Waals surface area contributed by atoms with Gasteiger partial charge in [-0.15, -0.1) is 0 Å². The summed E-state index contributed by atoms with van der Waals surface area (Å²) in [7, 11) is -3.91. The standard InChI is InChI=1S/C27H35F2N5O2S/c1-5-31-13-15-32(16-14-31)27-26(21(4)30-34(27)24-8-6-7-23(29)17-24)19-33(18-20(2)3)37(35,36)25-11-9-22(28)10-12-25/h6-12,17,20H,5,13-16,18-19H2,1-4H3. The molecule has 1 saturated heterocycles. The maximum absolute atomic E-state index is 14.2. The quantitative estimate of drug-likeness (QED) is 0.408. The number of hydrogen-bond acceptors (Lipinski definition) is 5. The second-order valence-corrected chi connectivity index (χ2v) is 11.8. The minimum absolute atomic E-state index is 0.0443. The fraction of sp³-hybridized carbons (Fsp3) is 0.444. The van der Waals surface area contributed by atoms with Gasteiger partial charge in [0.05, 0.1) is 16.3 Å². The van der Waals surface area contributed by atoms with E-state index in [2.05, 4.69) is 16.7 Å². The largest absolute Gasteiger partial charge is 0.354 e. The van der Waals surface area contributed by atoms with Crippen LogP contribution in [0.5, 0.6) is 0 Å². The summed E-state index contributed by atoms with van der Waals surface area (Å²) in [5.41, 5.74) is 2.04. The van der Waals surface area contributed by atoms with Crippen LogP contribution >= 0.6 is 0 Å². The number of benzene rings is 2. The molecule has 1 fully saturated rings. The Bertz CT molecular complexity index is 1320. The number of piperazine rings is 1. The van der Waals surface area contributed by atoms with Crippen molar-refractivity contribution in [1.82, 2.24) is 19.0 Å². The fourth-order valence-corrected chi connectivity index (χ4v) is 6.28. The molecule has 1 aromatic heterocycles. The molecule has 0 amide bonds. The molecule has 0 unspecified atom stereocenters. The van der Waals surface area contributed by atoms with Crippen LogP contribution in [0.1, 0.15) is 32.0 Å². The van der Waals surface area contributed by atoms with Crippen LogP contribution in [0.2, 0.25) is 0 Å². The molecule has 2 aromatic carbocycles. The number of nitrogens with zero attached hydrogens (tertiary/aromatic N) is 5. The number of hydrogen-bond donors (Lipinski definition) is 0. The molecule has 37 heavy (non-hydrogen) atoms. The molecule has 0 radical (unpaired) electrons. The van der Waals surface area contributed by atoms with Gasteiger partial charge in [-0.25, -0.2) is 21.9 Å². The van der Waals surface area contributed by atoms with Crippen molar-refractivity contribution >= 4 is 15.8 Å². The van der Waals surface area contributed by atoms with Crippen LogP contribution in [0.15, 0.2) is 53.4 Å². The predicted molar refractivity (Wildman–Crippen MR) is 141 cm³/mol. The number of sulfonamides is 1. The molecule has 3 aromatic rings. The van der Waals surface area contributed by atoms with Gasteiger partial charge >= 0.3 is 0 Å². The van der Waals surface area contributed by atoms with Crippen molar-refractivity contribution < 1.29 is 17.2 Å². The zero-order valence-electron chi connectivity index (χ0n) is 21.9. The first-order chi connectivity index (χ1) is 17.6. The molecule has 1 aliphatic heterocycles. The first kappa shape index (κ1) is 27.2. The highest BCUT2D eigenvalue weighted by atomic mass is 32.2. The summed E-state index contributed by atoms with van der Waals surface area (Å²) < 4.78 is 58.3. The predicted octanol–water partition coefficient (Wildman–Crippen LogP) is 4.45. The average molecular weight is 532 g/mol. The molecule has 0 aliphatic carbocycles. The highest BCUT2D eigenvalue weighted by Gasteiger charge is 2.31. The third-order valence-corrected chi connectivity index (χ3v) is 8.51. The number of aromatic nitrogens is 2. The van der Waals surface area contributed by atoms with Gasteiger partial charge in [-0.05, 0) is 61.9 Å². The van der Waals surface area contributed by atoms with E-state index in [1.807, 2.05) is 20.8 Å². The highest BCUT2D eigenvalue weighted by molar-refractivity contribution is 7.89. The second kappa shape index (κ2) is 11.3. The van der Waals surface area contributed by atoms with Crippen LogP contribution in [0.25, 0.3) is 5.69 Å². The molecule has 1 aliphatic rings. The van der Waals surface area contributed by atoms with Crippen LogP contribution in [-0.4, -0.2) is 66.7 Å². The van der Waals surface area contributed by atoms with Gasteiger partial charge in [0.2, 0.25) is 10.0 Å². The van der Waals surface area contributed by atoms with Gasteiger partial charge in [-0.3, -0.25) is 0 Å². The van der Waals surface area contributed by atoms with Crippen LogP contribution in [0.3, 0.4) is 0 Å². The first-order valence-electron chi connectivity index (χ1n) is 12.7. The molecule has 7 nitrogen and oxygen atoms in total. The van der Waals surface area contributed by atoms with Crippen LogP contribution in [0, 0.1) is 24.5 Å². The van der Waals surface area contributed by atoms with Gasteiger partial charge in [0.15, 0.2) is 0 Å². The van der Waals surface area contributed by atoms with Gasteiger partial charge in [0.1, 0.15) is 17.5 Å². The normalized spacial score (nSPS) is 15.2. The Labute approximate surface area is 218 Å². The van der Waals surface area contributed by atoms with E-state index >= 15 is 0 Å². The summed E-state index contributed by atoms with van der Waals surface area (Å²) in [4.78, 5) is 4.61. The number of halogens is 2. The molecule has 0 N–H and O–H groups in total. The molecule has 0 bridgehead atoms. The topological polar surface area (TPSA) is 61.7 Å². The number of anilines is 1.